The zero-order chi connectivity index (χ0) is 18.9. The lowest BCUT2D eigenvalue weighted by atomic mass is 10.0. The number of hydrogen-bond donors (Lipinski definition) is 2. The molecule has 3 rings (SSSR count). The SMILES string of the molecule is CN=C(NCCc1ncc(C)s1)NCc1ccccc1CN1CCCCC1. The van der Waals surface area contributed by atoms with Crippen LogP contribution >= 0.6 is 11.3 Å². The summed E-state index contributed by atoms with van der Waals surface area (Å²) in [5.41, 5.74) is 2.77. The van der Waals surface area contributed by atoms with Gasteiger partial charge in [-0.1, -0.05) is 30.7 Å². The highest BCUT2D eigenvalue weighted by Crippen LogP contribution is 2.16. The Bertz CT molecular complexity index is 734. The van der Waals surface area contributed by atoms with Gasteiger partial charge in [0, 0.05) is 44.2 Å². The summed E-state index contributed by atoms with van der Waals surface area (Å²) in [6, 6.07) is 8.74. The van der Waals surface area contributed by atoms with Crippen molar-refractivity contribution in [3.8, 4) is 0 Å². The van der Waals surface area contributed by atoms with Crippen molar-refractivity contribution in [3.63, 3.8) is 0 Å². The van der Waals surface area contributed by atoms with E-state index in [2.05, 4.69) is 56.7 Å². The number of guanidine groups is 1. The number of aryl methyl sites for hydroxylation is 1. The first-order valence-corrected chi connectivity index (χ1v) is 10.7. The number of aliphatic imine (C=N–C) groups is 1. The molecule has 5 nitrogen and oxygen atoms in total. The molecule has 146 valence electrons. The van der Waals surface area contributed by atoms with Crippen LogP contribution < -0.4 is 10.6 Å². The first-order valence-electron chi connectivity index (χ1n) is 9.89. The number of likely N-dealkylation sites (tertiary alicyclic amines) is 1. The van der Waals surface area contributed by atoms with Crippen LogP contribution in [-0.2, 0) is 19.5 Å². The normalized spacial score (nSPS) is 15.7. The molecule has 1 saturated heterocycles. The molecule has 1 aromatic carbocycles. The highest BCUT2D eigenvalue weighted by Gasteiger charge is 2.12. The molecule has 2 N–H and O–H groups in total. The molecule has 1 fully saturated rings. The maximum Gasteiger partial charge on any atom is 0.191 e. The Morgan fingerprint density at radius 1 is 1.15 bits per heavy atom. The number of nitrogens with one attached hydrogen (secondary N) is 2. The molecule has 6 heteroatoms. The average molecular weight is 386 g/mol. The summed E-state index contributed by atoms with van der Waals surface area (Å²) in [6.07, 6.45) is 6.89. The van der Waals surface area contributed by atoms with Crippen LogP contribution in [0.3, 0.4) is 0 Å². The van der Waals surface area contributed by atoms with E-state index in [0.29, 0.717) is 0 Å². The van der Waals surface area contributed by atoms with E-state index >= 15 is 0 Å². The van der Waals surface area contributed by atoms with E-state index in [-0.39, 0.29) is 0 Å². The van der Waals surface area contributed by atoms with Gasteiger partial charge in [0.2, 0.25) is 0 Å². The van der Waals surface area contributed by atoms with Crippen LogP contribution in [0.15, 0.2) is 35.5 Å². The van der Waals surface area contributed by atoms with Crippen molar-refractivity contribution in [1.82, 2.24) is 20.5 Å². The van der Waals surface area contributed by atoms with Crippen LogP contribution in [0, 0.1) is 6.92 Å². The van der Waals surface area contributed by atoms with E-state index in [0.717, 1.165) is 32.0 Å². The van der Waals surface area contributed by atoms with E-state index in [4.69, 9.17) is 0 Å². The summed E-state index contributed by atoms with van der Waals surface area (Å²) in [5, 5.41) is 8.02. The van der Waals surface area contributed by atoms with Gasteiger partial charge < -0.3 is 10.6 Å². The Kier molecular flexibility index (Phi) is 7.66. The molecular weight excluding hydrogens is 354 g/mol. The van der Waals surface area contributed by atoms with Crippen molar-refractivity contribution in [3.05, 3.63) is 51.5 Å². The van der Waals surface area contributed by atoms with Crippen LogP contribution in [0.1, 0.15) is 40.3 Å². The number of piperidine rings is 1. The van der Waals surface area contributed by atoms with Gasteiger partial charge in [-0.15, -0.1) is 11.3 Å². The fourth-order valence-electron chi connectivity index (χ4n) is 3.45. The molecule has 2 aromatic rings. The lowest BCUT2D eigenvalue weighted by Crippen LogP contribution is -2.38. The minimum Gasteiger partial charge on any atom is -0.356 e. The standard InChI is InChI=1S/C21H31N5S/c1-17-14-24-20(27-17)10-11-23-21(22-2)25-15-18-8-4-5-9-19(18)16-26-12-6-3-7-13-26/h4-5,8-9,14H,3,6-7,10-13,15-16H2,1-2H3,(H2,22,23,25). The third-order valence-corrected chi connectivity index (χ3v) is 5.90. The van der Waals surface area contributed by atoms with Gasteiger partial charge in [0.1, 0.15) is 0 Å². The van der Waals surface area contributed by atoms with Crippen molar-refractivity contribution >= 4 is 17.3 Å². The number of hydrogen-bond acceptors (Lipinski definition) is 4. The monoisotopic (exact) mass is 385 g/mol. The molecule has 1 aromatic heterocycles. The van der Waals surface area contributed by atoms with Crippen LogP contribution in [0.4, 0.5) is 0 Å². The molecule has 0 aliphatic carbocycles. The van der Waals surface area contributed by atoms with Crippen molar-refractivity contribution in [2.75, 3.05) is 26.7 Å². The predicted molar refractivity (Wildman–Crippen MR) is 114 cm³/mol. The fourth-order valence-corrected chi connectivity index (χ4v) is 4.23. The Morgan fingerprint density at radius 3 is 2.63 bits per heavy atom. The number of rotatable bonds is 7. The average Bonchev–Trinajstić information content (AvgIpc) is 3.11. The minimum atomic E-state index is 0.792. The molecule has 0 atom stereocenters. The van der Waals surface area contributed by atoms with Gasteiger partial charge >= 0.3 is 0 Å². The molecule has 27 heavy (non-hydrogen) atoms. The van der Waals surface area contributed by atoms with Crippen LogP contribution in [0.5, 0.6) is 0 Å². The number of benzene rings is 1. The molecular formula is C21H31N5S. The van der Waals surface area contributed by atoms with E-state index in [9.17, 15) is 0 Å². The second-order valence-electron chi connectivity index (χ2n) is 7.07. The van der Waals surface area contributed by atoms with Gasteiger partial charge in [-0.05, 0) is 44.0 Å². The van der Waals surface area contributed by atoms with E-state index < -0.39 is 0 Å². The predicted octanol–water partition coefficient (Wildman–Crippen LogP) is 3.35. The van der Waals surface area contributed by atoms with Crippen LogP contribution in [-0.4, -0.2) is 42.5 Å². The molecule has 2 heterocycles. The summed E-state index contributed by atoms with van der Waals surface area (Å²) in [4.78, 5) is 12.6. The van der Waals surface area contributed by atoms with Gasteiger partial charge in [-0.25, -0.2) is 4.98 Å². The van der Waals surface area contributed by atoms with Crippen LogP contribution in [0.2, 0.25) is 0 Å². The van der Waals surface area contributed by atoms with Gasteiger partial charge in [-0.3, -0.25) is 9.89 Å². The fraction of sp³-hybridized carbons (Fsp3) is 0.524. The number of aromatic nitrogens is 1. The molecule has 0 unspecified atom stereocenters. The van der Waals surface area contributed by atoms with Gasteiger partial charge in [0.25, 0.3) is 0 Å². The maximum atomic E-state index is 4.41. The maximum absolute atomic E-state index is 4.41. The van der Waals surface area contributed by atoms with E-state index in [1.807, 2.05) is 13.2 Å². The molecule has 0 amide bonds. The summed E-state index contributed by atoms with van der Waals surface area (Å²) in [7, 11) is 1.82. The van der Waals surface area contributed by atoms with Crippen molar-refractivity contribution in [2.24, 2.45) is 4.99 Å². The molecule has 0 bridgehead atoms. The van der Waals surface area contributed by atoms with Gasteiger partial charge in [0.15, 0.2) is 5.96 Å². The highest BCUT2D eigenvalue weighted by molar-refractivity contribution is 7.11. The van der Waals surface area contributed by atoms with Gasteiger partial charge in [-0.2, -0.15) is 0 Å². The molecule has 1 aliphatic heterocycles. The largest absolute Gasteiger partial charge is 0.356 e. The second kappa shape index (κ2) is 10.4. The summed E-state index contributed by atoms with van der Waals surface area (Å²) < 4.78 is 0. The summed E-state index contributed by atoms with van der Waals surface area (Å²) in [6.45, 7) is 7.22. The molecule has 0 radical (unpaired) electrons. The lowest BCUT2D eigenvalue weighted by Gasteiger charge is -2.27. The second-order valence-corrected chi connectivity index (χ2v) is 8.39. The zero-order valence-electron chi connectivity index (χ0n) is 16.5. The number of nitrogens with zero attached hydrogens (tertiary/aromatic N) is 3. The van der Waals surface area contributed by atoms with E-state index in [1.165, 1.54) is 53.4 Å². The summed E-state index contributed by atoms with van der Waals surface area (Å²) in [5.74, 6) is 0.844. The smallest absolute Gasteiger partial charge is 0.191 e. The third-order valence-electron chi connectivity index (χ3n) is 4.93. The zero-order valence-corrected chi connectivity index (χ0v) is 17.3. The molecule has 0 spiro atoms. The first kappa shape index (κ1) is 19.8. The Hall–Kier alpha value is -1.92. The minimum absolute atomic E-state index is 0.792. The summed E-state index contributed by atoms with van der Waals surface area (Å²) >= 11 is 1.76. The van der Waals surface area contributed by atoms with Crippen molar-refractivity contribution < 1.29 is 0 Å². The molecule has 1 aliphatic rings. The topological polar surface area (TPSA) is 52.6 Å². The number of thiazole rings is 1. The lowest BCUT2D eigenvalue weighted by molar-refractivity contribution is 0.220. The first-order chi connectivity index (χ1) is 13.2. The molecule has 0 saturated carbocycles. The van der Waals surface area contributed by atoms with Gasteiger partial charge in [0.05, 0.1) is 5.01 Å². The Balaban J connectivity index is 1.48. The third kappa shape index (κ3) is 6.33. The van der Waals surface area contributed by atoms with Crippen molar-refractivity contribution in [1.29, 1.82) is 0 Å². The van der Waals surface area contributed by atoms with Crippen molar-refractivity contribution in [2.45, 2.75) is 45.7 Å². The highest BCUT2D eigenvalue weighted by atomic mass is 32.1. The quantitative estimate of drug-likeness (QED) is 0.567. The van der Waals surface area contributed by atoms with E-state index in [1.54, 1.807) is 11.3 Å². The van der Waals surface area contributed by atoms with Crippen LogP contribution in [0.25, 0.3) is 0 Å². The Morgan fingerprint density at radius 2 is 1.93 bits per heavy atom. The Labute approximate surface area is 166 Å².